The van der Waals surface area contributed by atoms with Crippen LogP contribution in [-0.2, 0) is 11.2 Å². The monoisotopic (exact) mass is 541 g/mol. The van der Waals surface area contributed by atoms with Crippen LogP contribution in [0.15, 0.2) is 77.3 Å². The highest BCUT2D eigenvalue weighted by Gasteiger charge is 2.15. The van der Waals surface area contributed by atoms with E-state index in [0.717, 1.165) is 11.1 Å². The van der Waals surface area contributed by atoms with Gasteiger partial charge in [-0.2, -0.15) is 0 Å². The van der Waals surface area contributed by atoms with Gasteiger partial charge in [-0.3, -0.25) is 25.8 Å². The lowest BCUT2D eigenvalue weighted by Crippen LogP contribution is -2.49. The van der Waals surface area contributed by atoms with Crippen LogP contribution in [0.4, 0.5) is 0 Å². The molecule has 0 aliphatic heterocycles. The van der Waals surface area contributed by atoms with Gasteiger partial charge in [0.25, 0.3) is 11.8 Å². The molecular formula is C25H24BrN3O4S. The van der Waals surface area contributed by atoms with Crippen LogP contribution >= 0.6 is 28.1 Å². The Morgan fingerprint density at radius 1 is 0.912 bits per heavy atom. The van der Waals surface area contributed by atoms with Crippen LogP contribution in [0.5, 0.6) is 11.5 Å². The third kappa shape index (κ3) is 7.86. The molecule has 3 rings (SSSR count). The van der Waals surface area contributed by atoms with Gasteiger partial charge in [0.15, 0.2) is 11.7 Å². The summed E-state index contributed by atoms with van der Waals surface area (Å²) in [5, 5.41) is 2.47. The van der Waals surface area contributed by atoms with Crippen LogP contribution in [-0.4, -0.2) is 30.1 Å². The number of carbonyl (C=O) groups is 2. The molecule has 0 radical (unpaired) electrons. The van der Waals surface area contributed by atoms with Crippen molar-refractivity contribution in [2.75, 3.05) is 13.2 Å². The zero-order valence-corrected chi connectivity index (χ0v) is 20.9. The summed E-state index contributed by atoms with van der Waals surface area (Å²) in [6, 6.07) is 22.4. The van der Waals surface area contributed by atoms with E-state index in [1.165, 1.54) is 0 Å². The predicted molar refractivity (Wildman–Crippen MR) is 138 cm³/mol. The summed E-state index contributed by atoms with van der Waals surface area (Å²) in [7, 11) is 0. The average Bonchev–Trinajstić information content (AvgIpc) is 2.83. The van der Waals surface area contributed by atoms with Gasteiger partial charge in [-0.05, 0) is 54.5 Å². The van der Waals surface area contributed by atoms with Crippen molar-refractivity contribution in [3.8, 4) is 11.5 Å². The largest absolute Gasteiger partial charge is 0.492 e. The van der Waals surface area contributed by atoms with Gasteiger partial charge in [-0.15, -0.1) is 0 Å². The van der Waals surface area contributed by atoms with Crippen molar-refractivity contribution in [3.63, 3.8) is 0 Å². The number of benzene rings is 3. The number of hydrogen-bond donors (Lipinski definition) is 3. The fourth-order valence-electron chi connectivity index (χ4n) is 2.95. The maximum absolute atomic E-state index is 12.8. The van der Waals surface area contributed by atoms with Gasteiger partial charge in [-0.25, -0.2) is 0 Å². The van der Waals surface area contributed by atoms with E-state index < -0.39 is 11.8 Å². The van der Waals surface area contributed by atoms with Gasteiger partial charge in [-0.1, -0.05) is 64.5 Å². The van der Waals surface area contributed by atoms with E-state index in [1.807, 2.05) is 55.5 Å². The van der Waals surface area contributed by atoms with Crippen LogP contribution in [0, 0.1) is 6.92 Å². The summed E-state index contributed by atoms with van der Waals surface area (Å²) in [6.07, 6.45) is 0.703. The molecule has 0 unspecified atom stereocenters. The Bertz CT molecular complexity index is 1160. The minimum absolute atomic E-state index is 0.0653. The van der Waals surface area contributed by atoms with E-state index in [0.29, 0.717) is 34.6 Å². The third-order valence-electron chi connectivity index (χ3n) is 4.67. The minimum atomic E-state index is -0.473. The lowest BCUT2D eigenvalue weighted by atomic mass is 10.1. The summed E-state index contributed by atoms with van der Waals surface area (Å²) in [6.45, 7) is 2.09. The van der Waals surface area contributed by atoms with Crippen LogP contribution in [0.1, 0.15) is 21.5 Å². The Morgan fingerprint density at radius 3 is 2.41 bits per heavy atom. The van der Waals surface area contributed by atoms with Crippen molar-refractivity contribution >= 4 is 45.1 Å². The van der Waals surface area contributed by atoms with Crippen LogP contribution in [0.3, 0.4) is 0 Å². The van der Waals surface area contributed by atoms with Gasteiger partial charge in [0.05, 0.1) is 12.2 Å². The quantitative estimate of drug-likeness (QED) is 0.294. The SMILES string of the molecule is Cc1ccccc1OCC(=O)NNC(=S)NC(=O)c1cc(Br)ccc1OCCc1ccccc1. The highest BCUT2D eigenvalue weighted by atomic mass is 79.9. The van der Waals surface area contributed by atoms with Gasteiger partial charge in [0.1, 0.15) is 11.5 Å². The Morgan fingerprint density at radius 2 is 1.65 bits per heavy atom. The van der Waals surface area contributed by atoms with Crippen molar-refractivity contribution in [1.29, 1.82) is 0 Å². The molecule has 34 heavy (non-hydrogen) atoms. The molecule has 9 heteroatoms. The normalized spacial score (nSPS) is 10.2. The molecule has 7 nitrogen and oxygen atoms in total. The number of rotatable bonds is 8. The van der Waals surface area contributed by atoms with E-state index in [9.17, 15) is 9.59 Å². The van der Waals surface area contributed by atoms with Crippen molar-refractivity contribution in [3.05, 3.63) is 94.0 Å². The molecule has 0 saturated carbocycles. The smallest absolute Gasteiger partial charge is 0.276 e. The number of halogens is 1. The molecule has 0 aromatic heterocycles. The molecular weight excluding hydrogens is 518 g/mol. The summed E-state index contributed by atoms with van der Waals surface area (Å²) in [4.78, 5) is 24.8. The van der Waals surface area contributed by atoms with Gasteiger partial charge >= 0.3 is 0 Å². The number of aryl methyl sites for hydroxylation is 1. The van der Waals surface area contributed by atoms with Crippen molar-refractivity contribution in [2.24, 2.45) is 0 Å². The van der Waals surface area contributed by atoms with E-state index in [-0.39, 0.29) is 11.7 Å². The van der Waals surface area contributed by atoms with Gasteiger partial charge in [0.2, 0.25) is 0 Å². The average molecular weight is 542 g/mol. The first kappa shape index (κ1) is 25.2. The lowest BCUT2D eigenvalue weighted by molar-refractivity contribution is -0.123. The standard InChI is InChI=1S/C25H24BrN3O4S/c1-17-7-5-6-10-21(17)33-16-23(30)28-29-25(34)27-24(31)20-15-19(26)11-12-22(20)32-14-13-18-8-3-2-4-9-18/h2-12,15H,13-14,16H2,1H3,(H,28,30)(H2,27,29,31,34). The molecule has 0 saturated heterocycles. The summed E-state index contributed by atoms with van der Waals surface area (Å²) < 4.78 is 12.0. The van der Waals surface area contributed by atoms with Crippen molar-refractivity contribution < 1.29 is 19.1 Å². The molecule has 0 heterocycles. The number of thiocarbonyl (C=S) groups is 1. The van der Waals surface area contributed by atoms with Crippen LogP contribution < -0.4 is 25.6 Å². The molecule has 3 aromatic rings. The Labute approximate surface area is 211 Å². The maximum Gasteiger partial charge on any atom is 0.276 e. The molecule has 3 N–H and O–H groups in total. The molecule has 176 valence electrons. The zero-order chi connectivity index (χ0) is 24.3. The molecule has 3 aromatic carbocycles. The first-order valence-electron chi connectivity index (χ1n) is 10.5. The van der Waals surface area contributed by atoms with E-state index >= 15 is 0 Å². The summed E-state index contributed by atoms with van der Waals surface area (Å²) in [5.41, 5.74) is 7.26. The van der Waals surface area contributed by atoms with E-state index in [4.69, 9.17) is 21.7 Å². The lowest BCUT2D eigenvalue weighted by Gasteiger charge is -2.14. The van der Waals surface area contributed by atoms with Crippen LogP contribution in [0.2, 0.25) is 0 Å². The topological polar surface area (TPSA) is 88.7 Å². The van der Waals surface area contributed by atoms with Gasteiger partial charge in [0, 0.05) is 10.9 Å². The molecule has 2 amide bonds. The molecule has 0 atom stereocenters. The molecule has 0 aliphatic carbocycles. The van der Waals surface area contributed by atoms with Crippen molar-refractivity contribution in [1.82, 2.24) is 16.2 Å². The molecule has 0 spiro atoms. The molecule has 0 bridgehead atoms. The Balaban J connectivity index is 1.49. The second-order valence-electron chi connectivity index (χ2n) is 7.24. The number of para-hydroxylation sites is 1. The number of nitrogens with one attached hydrogen (secondary N) is 3. The zero-order valence-electron chi connectivity index (χ0n) is 18.5. The number of hydrazine groups is 1. The Kier molecular flexibility index (Phi) is 9.42. The minimum Gasteiger partial charge on any atom is -0.492 e. The maximum atomic E-state index is 12.8. The van der Waals surface area contributed by atoms with E-state index in [2.05, 4.69) is 32.1 Å². The van der Waals surface area contributed by atoms with Crippen molar-refractivity contribution in [2.45, 2.75) is 13.3 Å². The highest BCUT2D eigenvalue weighted by Crippen LogP contribution is 2.23. The van der Waals surface area contributed by atoms with Gasteiger partial charge < -0.3 is 9.47 Å². The fraction of sp³-hybridized carbons (Fsp3) is 0.160. The van der Waals surface area contributed by atoms with E-state index in [1.54, 1.807) is 24.3 Å². The third-order valence-corrected chi connectivity index (χ3v) is 5.37. The summed E-state index contributed by atoms with van der Waals surface area (Å²) in [5.74, 6) is 0.115. The number of ether oxygens (including phenoxy) is 2. The van der Waals surface area contributed by atoms with Crippen LogP contribution in [0.25, 0.3) is 0 Å². The number of carbonyl (C=O) groups excluding carboxylic acids is 2. The summed E-state index contributed by atoms with van der Waals surface area (Å²) >= 11 is 8.50. The number of hydrogen-bond acceptors (Lipinski definition) is 5. The molecule has 0 fully saturated rings. The highest BCUT2D eigenvalue weighted by molar-refractivity contribution is 9.10. The predicted octanol–water partition coefficient (Wildman–Crippen LogP) is 4.09. The number of amides is 2. The fourth-order valence-corrected chi connectivity index (χ4v) is 3.46. The first-order valence-corrected chi connectivity index (χ1v) is 11.7. The molecule has 0 aliphatic rings. The first-order chi connectivity index (χ1) is 16.4. The second kappa shape index (κ2) is 12.7. The second-order valence-corrected chi connectivity index (χ2v) is 8.56. The Hall–Kier alpha value is -3.43.